The van der Waals surface area contributed by atoms with Crippen molar-refractivity contribution in [2.45, 2.75) is 59.3 Å². The summed E-state index contributed by atoms with van der Waals surface area (Å²) in [7, 11) is 0. The van der Waals surface area contributed by atoms with Crippen LogP contribution in [-0.4, -0.2) is 0 Å². The molecule has 96 valence electrons. The van der Waals surface area contributed by atoms with Gasteiger partial charge < -0.3 is 0 Å². The zero-order valence-corrected chi connectivity index (χ0v) is 13.3. The summed E-state index contributed by atoms with van der Waals surface area (Å²) in [6, 6.07) is 2.07. The zero-order valence-electron chi connectivity index (χ0n) is 11.8. The second kappa shape index (κ2) is 4.48. The quantitative estimate of drug-likeness (QED) is 0.552. The third kappa shape index (κ3) is 2.98. The van der Waals surface area contributed by atoms with Crippen LogP contribution in [0.4, 0.5) is 0 Å². The second-order valence-electron chi connectivity index (χ2n) is 6.72. The molecule has 0 bridgehead atoms. The van der Waals surface area contributed by atoms with Crippen molar-refractivity contribution in [1.82, 2.24) is 0 Å². The van der Waals surface area contributed by atoms with Gasteiger partial charge in [0.1, 0.15) is 0 Å². The lowest BCUT2D eigenvalue weighted by molar-refractivity contribution is 0.530. The first kappa shape index (κ1) is 14.9. The standard InChI is InChI=1S/C15H22Cl2/c1-9-11(16)8-10(14(2,3)4)12(13(9)17)15(5,6)7/h8H,1-7H3. The van der Waals surface area contributed by atoms with Crippen molar-refractivity contribution < 1.29 is 0 Å². The average Bonchev–Trinajstić information content (AvgIpc) is 2.09. The first-order chi connectivity index (χ1) is 7.46. The van der Waals surface area contributed by atoms with E-state index in [0.717, 1.165) is 15.6 Å². The molecule has 0 nitrogen and oxygen atoms in total. The Balaban J connectivity index is 3.71. The predicted molar refractivity (Wildman–Crippen MR) is 78.6 cm³/mol. The van der Waals surface area contributed by atoms with Crippen molar-refractivity contribution in [1.29, 1.82) is 0 Å². The van der Waals surface area contributed by atoms with E-state index >= 15 is 0 Å². The van der Waals surface area contributed by atoms with Crippen molar-refractivity contribution in [2.24, 2.45) is 0 Å². The van der Waals surface area contributed by atoms with Crippen LogP contribution < -0.4 is 0 Å². The number of benzene rings is 1. The number of rotatable bonds is 0. The van der Waals surface area contributed by atoms with E-state index in [-0.39, 0.29) is 10.8 Å². The van der Waals surface area contributed by atoms with E-state index in [9.17, 15) is 0 Å². The number of hydrogen-bond acceptors (Lipinski definition) is 0. The monoisotopic (exact) mass is 272 g/mol. The van der Waals surface area contributed by atoms with Crippen molar-refractivity contribution in [3.05, 3.63) is 32.8 Å². The van der Waals surface area contributed by atoms with E-state index in [1.807, 2.05) is 6.92 Å². The molecule has 0 fully saturated rings. The third-order valence-electron chi connectivity index (χ3n) is 3.01. The van der Waals surface area contributed by atoms with Gasteiger partial charge in [0.15, 0.2) is 0 Å². The molecule has 1 aromatic rings. The van der Waals surface area contributed by atoms with Crippen molar-refractivity contribution in [3.8, 4) is 0 Å². The van der Waals surface area contributed by atoms with E-state index in [1.54, 1.807) is 0 Å². The minimum absolute atomic E-state index is 0.0229. The fourth-order valence-electron chi connectivity index (χ4n) is 2.04. The maximum atomic E-state index is 6.51. The van der Waals surface area contributed by atoms with Gasteiger partial charge in [-0.3, -0.25) is 0 Å². The molecule has 0 amide bonds. The molecule has 0 heterocycles. The molecule has 0 atom stereocenters. The van der Waals surface area contributed by atoms with Crippen molar-refractivity contribution >= 4 is 23.2 Å². The Hall–Kier alpha value is -0.200. The largest absolute Gasteiger partial charge is 0.0840 e. The minimum atomic E-state index is 0.0229. The van der Waals surface area contributed by atoms with Gasteiger partial charge in [-0.05, 0) is 40.5 Å². The van der Waals surface area contributed by atoms with Crippen LogP contribution in [-0.2, 0) is 10.8 Å². The molecular weight excluding hydrogens is 251 g/mol. The van der Waals surface area contributed by atoms with Crippen LogP contribution in [0.15, 0.2) is 6.07 Å². The Bertz CT molecular complexity index is 432. The number of halogens is 2. The van der Waals surface area contributed by atoms with Gasteiger partial charge in [-0.2, -0.15) is 0 Å². The van der Waals surface area contributed by atoms with Crippen LogP contribution in [0, 0.1) is 6.92 Å². The smallest absolute Gasteiger partial charge is 0.0490 e. The highest BCUT2D eigenvalue weighted by Crippen LogP contribution is 2.42. The van der Waals surface area contributed by atoms with Crippen LogP contribution in [0.3, 0.4) is 0 Å². The van der Waals surface area contributed by atoms with Gasteiger partial charge in [-0.1, -0.05) is 64.7 Å². The van der Waals surface area contributed by atoms with Crippen LogP contribution in [0.1, 0.15) is 58.2 Å². The summed E-state index contributed by atoms with van der Waals surface area (Å²) >= 11 is 12.8. The first-order valence-corrected chi connectivity index (χ1v) is 6.71. The molecule has 0 aliphatic heterocycles. The summed E-state index contributed by atoms with van der Waals surface area (Å²) in [5.74, 6) is 0. The predicted octanol–water partition coefficient (Wildman–Crippen LogP) is 5.90. The van der Waals surface area contributed by atoms with Gasteiger partial charge in [0.2, 0.25) is 0 Å². The zero-order chi connectivity index (χ0) is 13.6. The molecular formula is C15H22Cl2. The SMILES string of the molecule is Cc1c(Cl)cc(C(C)(C)C)c(C(C)(C)C)c1Cl. The van der Waals surface area contributed by atoms with Gasteiger partial charge in [-0.15, -0.1) is 0 Å². The van der Waals surface area contributed by atoms with Gasteiger partial charge in [0.25, 0.3) is 0 Å². The Morgan fingerprint density at radius 3 is 1.71 bits per heavy atom. The molecule has 2 heteroatoms. The number of hydrogen-bond donors (Lipinski definition) is 0. The second-order valence-corrected chi connectivity index (χ2v) is 7.51. The van der Waals surface area contributed by atoms with E-state index in [1.165, 1.54) is 11.1 Å². The Morgan fingerprint density at radius 2 is 1.35 bits per heavy atom. The summed E-state index contributed by atoms with van der Waals surface area (Å²) in [4.78, 5) is 0. The Morgan fingerprint density at radius 1 is 0.882 bits per heavy atom. The van der Waals surface area contributed by atoms with E-state index in [4.69, 9.17) is 23.2 Å². The molecule has 1 rings (SSSR count). The maximum Gasteiger partial charge on any atom is 0.0490 e. The molecule has 1 aromatic carbocycles. The summed E-state index contributed by atoms with van der Waals surface area (Å²) < 4.78 is 0. The highest BCUT2D eigenvalue weighted by atomic mass is 35.5. The molecule has 0 saturated heterocycles. The summed E-state index contributed by atoms with van der Waals surface area (Å²) in [6.45, 7) is 15.1. The summed E-state index contributed by atoms with van der Waals surface area (Å²) in [6.07, 6.45) is 0. The van der Waals surface area contributed by atoms with Gasteiger partial charge in [0.05, 0.1) is 0 Å². The lowest BCUT2D eigenvalue weighted by Gasteiger charge is -2.32. The highest BCUT2D eigenvalue weighted by Gasteiger charge is 2.29. The fraction of sp³-hybridized carbons (Fsp3) is 0.600. The fourth-order valence-corrected chi connectivity index (χ4v) is 2.78. The lowest BCUT2D eigenvalue weighted by atomic mass is 9.74. The third-order valence-corrected chi connectivity index (χ3v) is 3.87. The van der Waals surface area contributed by atoms with Crippen molar-refractivity contribution in [3.63, 3.8) is 0 Å². The molecule has 17 heavy (non-hydrogen) atoms. The van der Waals surface area contributed by atoms with Crippen molar-refractivity contribution in [2.75, 3.05) is 0 Å². The van der Waals surface area contributed by atoms with Gasteiger partial charge >= 0.3 is 0 Å². The van der Waals surface area contributed by atoms with Gasteiger partial charge in [-0.25, -0.2) is 0 Å². The van der Waals surface area contributed by atoms with E-state index in [2.05, 4.69) is 47.6 Å². The van der Waals surface area contributed by atoms with Crippen LogP contribution in [0.5, 0.6) is 0 Å². The van der Waals surface area contributed by atoms with Gasteiger partial charge in [0, 0.05) is 10.0 Å². The lowest BCUT2D eigenvalue weighted by Crippen LogP contribution is -2.23. The maximum absolute atomic E-state index is 6.51. The van der Waals surface area contributed by atoms with Crippen LogP contribution in [0.2, 0.25) is 10.0 Å². The van der Waals surface area contributed by atoms with Crippen LogP contribution in [0.25, 0.3) is 0 Å². The van der Waals surface area contributed by atoms with Crippen LogP contribution >= 0.6 is 23.2 Å². The first-order valence-electron chi connectivity index (χ1n) is 5.96. The normalized spacial score (nSPS) is 13.0. The molecule has 0 spiro atoms. The Kier molecular flexibility index (Phi) is 3.91. The minimum Gasteiger partial charge on any atom is -0.0840 e. The topological polar surface area (TPSA) is 0 Å². The van der Waals surface area contributed by atoms with E-state index in [0.29, 0.717) is 0 Å². The molecule has 0 aromatic heterocycles. The summed E-state index contributed by atoms with van der Waals surface area (Å²) in [5.41, 5.74) is 3.50. The molecule has 0 aliphatic carbocycles. The molecule has 0 N–H and O–H groups in total. The van der Waals surface area contributed by atoms with E-state index < -0.39 is 0 Å². The molecule has 0 radical (unpaired) electrons. The molecule has 0 aliphatic rings. The molecule has 0 unspecified atom stereocenters. The average molecular weight is 273 g/mol. The summed E-state index contributed by atoms with van der Waals surface area (Å²) in [5, 5.41) is 1.57. The highest BCUT2D eigenvalue weighted by molar-refractivity contribution is 6.36. The molecule has 0 saturated carbocycles. The Labute approximate surface area is 115 Å².